The van der Waals surface area contributed by atoms with Gasteiger partial charge in [0, 0.05) is 13.1 Å². The summed E-state index contributed by atoms with van der Waals surface area (Å²) in [5, 5.41) is 13.1. The fourth-order valence-electron chi connectivity index (χ4n) is 2.51. The quantitative estimate of drug-likeness (QED) is 0.633. The molecule has 1 aromatic rings. The molecule has 0 aliphatic heterocycles. The van der Waals surface area contributed by atoms with E-state index in [2.05, 4.69) is 5.32 Å². The molecular formula is C18H31ClN2O3. The topological polar surface area (TPSA) is 84.6 Å². The molecule has 0 fully saturated rings. The Hall–Kier alpha value is -1.30. The number of nitrogens with one attached hydrogen (secondary N) is 1. The van der Waals surface area contributed by atoms with Gasteiger partial charge < -0.3 is 20.9 Å². The minimum Gasteiger partial charge on any atom is -0.491 e. The summed E-state index contributed by atoms with van der Waals surface area (Å²) in [5.74, 6) is 0.611. The first-order valence-electron chi connectivity index (χ1n) is 8.31. The summed E-state index contributed by atoms with van der Waals surface area (Å²) >= 11 is 0. The van der Waals surface area contributed by atoms with E-state index in [1.165, 1.54) is 0 Å². The van der Waals surface area contributed by atoms with E-state index in [0.717, 1.165) is 5.56 Å². The summed E-state index contributed by atoms with van der Waals surface area (Å²) in [6.45, 7) is 8.28. The lowest BCUT2D eigenvalue weighted by Gasteiger charge is -2.29. The third kappa shape index (κ3) is 5.96. The summed E-state index contributed by atoms with van der Waals surface area (Å²) in [6.07, 6.45) is 0.652. The molecule has 24 heavy (non-hydrogen) atoms. The van der Waals surface area contributed by atoms with Crippen molar-refractivity contribution in [2.24, 2.45) is 11.1 Å². The maximum Gasteiger partial charge on any atom is 0.227 e. The number of rotatable bonds is 9. The lowest BCUT2D eigenvalue weighted by molar-refractivity contribution is -0.131. The molecule has 0 bridgehead atoms. The molecule has 1 atom stereocenters. The third-order valence-corrected chi connectivity index (χ3v) is 4.30. The van der Waals surface area contributed by atoms with Gasteiger partial charge in [0.2, 0.25) is 5.91 Å². The first-order chi connectivity index (χ1) is 10.9. The van der Waals surface area contributed by atoms with E-state index in [9.17, 15) is 9.90 Å². The van der Waals surface area contributed by atoms with Crippen LogP contribution < -0.4 is 15.8 Å². The molecule has 0 radical (unpaired) electrons. The Labute approximate surface area is 151 Å². The van der Waals surface area contributed by atoms with Gasteiger partial charge in [-0.3, -0.25) is 4.79 Å². The average molecular weight is 359 g/mol. The maximum absolute atomic E-state index is 12.4. The van der Waals surface area contributed by atoms with Crippen LogP contribution in [0.4, 0.5) is 0 Å². The van der Waals surface area contributed by atoms with Crippen molar-refractivity contribution in [2.75, 3.05) is 13.1 Å². The molecule has 1 aromatic carbocycles. The number of carbonyl (C=O) groups excluding carboxylic acids is 1. The molecule has 138 valence electrons. The fourth-order valence-corrected chi connectivity index (χ4v) is 2.51. The van der Waals surface area contributed by atoms with Gasteiger partial charge in [0.15, 0.2) is 0 Å². The van der Waals surface area contributed by atoms with Gasteiger partial charge in [-0.05, 0) is 44.4 Å². The molecule has 0 saturated carbocycles. The van der Waals surface area contributed by atoms with E-state index in [4.69, 9.17) is 10.5 Å². The van der Waals surface area contributed by atoms with Gasteiger partial charge in [0.25, 0.3) is 0 Å². The zero-order valence-electron chi connectivity index (χ0n) is 15.0. The summed E-state index contributed by atoms with van der Waals surface area (Å²) in [6, 6.07) is 7.30. The molecular weight excluding hydrogens is 328 g/mol. The monoisotopic (exact) mass is 358 g/mol. The second kappa shape index (κ2) is 10.5. The van der Waals surface area contributed by atoms with Crippen LogP contribution in [-0.2, 0) is 4.79 Å². The molecule has 6 heteroatoms. The van der Waals surface area contributed by atoms with Crippen LogP contribution in [0.2, 0.25) is 0 Å². The van der Waals surface area contributed by atoms with Gasteiger partial charge in [-0.15, -0.1) is 12.4 Å². The van der Waals surface area contributed by atoms with E-state index < -0.39 is 11.5 Å². The zero-order chi connectivity index (χ0) is 17.5. The van der Waals surface area contributed by atoms with Gasteiger partial charge >= 0.3 is 0 Å². The summed E-state index contributed by atoms with van der Waals surface area (Å²) in [7, 11) is 0. The van der Waals surface area contributed by atoms with Crippen LogP contribution >= 0.6 is 12.4 Å². The van der Waals surface area contributed by atoms with Crippen LogP contribution in [0.3, 0.4) is 0 Å². The SMILES string of the molecule is CCC(CC)(CN)C(=O)NCC(O)c1cccc(OC(C)C)c1.Cl. The van der Waals surface area contributed by atoms with Crippen LogP contribution in [0.1, 0.15) is 52.2 Å². The van der Waals surface area contributed by atoms with Gasteiger partial charge in [-0.2, -0.15) is 0 Å². The van der Waals surface area contributed by atoms with Crippen LogP contribution in [0.5, 0.6) is 5.75 Å². The number of aliphatic hydroxyl groups is 1. The number of hydrogen-bond donors (Lipinski definition) is 3. The highest BCUT2D eigenvalue weighted by Gasteiger charge is 2.33. The van der Waals surface area contributed by atoms with Crippen LogP contribution in [0.15, 0.2) is 24.3 Å². The predicted molar refractivity (Wildman–Crippen MR) is 99.5 cm³/mol. The van der Waals surface area contributed by atoms with Crippen molar-refractivity contribution in [1.82, 2.24) is 5.32 Å². The largest absolute Gasteiger partial charge is 0.491 e. The Kier molecular flexibility index (Phi) is 9.97. The van der Waals surface area contributed by atoms with Gasteiger partial charge in [-0.1, -0.05) is 26.0 Å². The molecule has 0 spiro atoms. The van der Waals surface area contributed by atoms with Crippen LogP contribution in [0.25, 0.3) is 0 Å². The van der Waals surface area contributed by atoms with Crippen molar-refractivity contribution >= 4 is 18.3 Å². The van der Waals surface area contributed by atoms with Crippen LogP contribution in [0, 0.1) is 5.41 Å². The minimum atomic E-state index is -0.779. The molecule has 5 nitrogen and oxygen atoms in total. The van der Waals surface area contributed by atoms with E-state index in [-0.39, 0.29) is 31.0 Å². The predicted octanol–water partition coefficient (Wildman–Crippen LogP) is 2.81. The second-order valence-corrected chi connectivity index (χ2v) is 6.16. The highest BCUT2D eigenvalue weighted by Crippen LogP contribution is 2.25. The first kappa shape index (κ1) is 22.7. The van der Waals surface area contributed by atoms with E-state index >= 15 is 0 Å². The number of amides is 1. The van der Waals surface area contributed by atoms with E-state index in [0.29, 0.717) is 25.1 Å². The van der Waals surface area contributed by atoms with Crippen molar-refractivity contribution in [3.8, 4) is 5.75 Å². The lowest BCUT2D eigenvalue weighted by Crippen LogP contribution is -2.46. The van der Waals surface area contributed by atoms with Crippen LogP contribution in [-0.4, -0.2) is 30.2 Å². The average Bonchev–Trinajstić information content (AvgIpc) is 2.54. The molecule has 0 aliphatic carbocycles. The van der Waals surface area contributed by atoms with Gasteiger partial charge in [0.05, 0.1) is 17.6 Å². The number of halogens is 1. The lowest BCUT2D eigenvalue weighted by atomic mass is 9.81. The molecule has 1 unspecified atom stereocenters. The third-order valence-electron chi connectivity index (χ3n) is 4.30. The van der Waals surface area contributed by atoms with Crippen molar-refractivity contribution < 1.29 is 14.6 Å². The molecule has 1 amide bonds. The van der Waals surface area contributed by atoms with Crippen molar-refractivity contribution in [2.45, 2.75) is 52.7 Å². The number of ether oxygens (including phenoxy) is 1. The van der Waals surface area contributed by atoms with Gasteiger partial charge in [-0.25, -0.2) is 0 Å². The number of aliphatic hydroxyl groups excluding tert-OH is 1. The Balaban J connectivity index is 0.00000529. The standard InChI is InChI=1S/C18H30N2O3.ClH/c1-5-18(6-2,12-19)17(22)20-11-16(21)14-8-7-9-15(10-14)23-13(3)4;/h7-10,13,16,21H,5-6,11-12,19H2,1-4H3,(H,20,22);1H. The Morgan fingerprint density at radius 1 is 1.33 bits per heavy atom. The molecule has 1 rings (SSSR count). The van der Waals surface area contributed by atoms with E-state index in [1.807, 2.05) is 45.9 Å². The molecule has 0 aromatic heterocycles. The normalized spacial score (nSPS) is 12.5. The summed E-state index contributed by atoms with van der Waals surface area (Å²) in [5.41, 5.74) is 5.94. The molecule has 0 saturated heterocycles. The number of nitrogens with two attached hydrogens (primary N) is 1. The minimum absolute atomic E-state index is 0. The second-order valence-electron chi connectivity index (χ2n) is 6.16. The van der Waals surface area contributed by atoms with E-state index in [1.54, 1.807) is 6.07 Å². The number of carbonyl (C=O) groups is 1. The van der Waals surface area contributed by atoms with Crippen molar-refractivity contribution in [1.29, 1.82) is 0 Å². The molecule has 0 heterocycles. The molecule has 0 aliphatic rings. The highest BCUT2D eigenvalue weighted by atomic mass is 35.5. The number of benzene rings is 1. The van der Waals surface area contributed by atoms with Gasteiger partial charge in [0.1, 0.15) is 5.75 Å². The fraction of sp³-hybridized carbons (Fsp3) is 0.611. The zero-order valence-corrected chi connectivity index (χ0v) is 15.9. The van der Waals surface area contributed by atoms with Crippen molar-refractivity contribution in [3.63, 3.8) is 0 Å². The Morgan fingerprint density at radius 3 is 2.46 bits per heavy atom. The molecule has 4 N–H and O–H groups in total. The number of hydrogen-bond acceptors (Lipinski definition) is 4. The van der Waals surface area contributed by atoms with Crippen molar-refractivity contribution in [3.05, 3.63) is 29.8 Å². The Bertz CT molecular complexity index is 497. The summed E-state index contributed by atoms with van der Waals surface area (Å²) in [4.78, 5) is 12.4. The Morgan fingerprint density at radius 2 is 1.96 bits per heavy atom. The highest BCUT2D eigenvalue weighted by molar-refractivity contribution is 5.85. The first-order valence-corrected chi connectivity index (χ1v) is 8.31. The maximum atomic E-state index is 12.4. The summed E-state index contributed by atoms with van der Waals surface area (Å²) < 4.78 is 5.62. The smallest absolute Gasteiger partial charge is 0.227 e.